The summed E-state index contributed by atoms with van der Waals surface area (Å²) in [5.74, 6) is -0.385. The molecule has 0 aliphatic heterocycles. The summed E-state index contributed by atoms with van der Waals surface area (Å²) in [6.07, 6.45) is 4.54. The van der Waals surface area contributed by atoms with Crippen LogP contribution in [0.3, 0.4) is 0 Å². The Labute approximate surface area is 185 Å². The molecule has 9 heteroatoms. The fourth-order valence-corrected chi connectivity index (χ4v) is 4.61. The number of hydrogen-bond acceptors (Lipinski definition) is 6. The zero-order valence-corrected chi connectivity index (χ0v) is 18.5. The largest absolute Gasteiger partial charge is 0.422 e. The molecule has 0 atom stereocenters. The molecule has 1 fully saturated rings. The Morgan fingerprint density at radius 1 is 1.17 bits per heavy atom. The maximum absolute atomic E-state index is 12.3. The second-order valence-corrected chi connectivity index (χ2v) is 9.04. The van der Waals surface area contributed by atoms with E-state index in [0.717, 1.165) is 35.5 Å². The zero-order valence-electron chi connectivity index (χ0n) is 16.1. The summed E-state index contributed by atoms with van der Waals surface area (Å²) in [6.45, 7) is 0. The SMILES string of the molecule is O=C(CCC(=O)NC1CCCC1)Nc1nc(-c2cc3cc(Br)ccc3oc2=O)cs1. The first kappa shape index (κ1) is 20.7. The Bertz CT molecular complexity index is 1150. The van der Waals surface area contributed by atoms with Crippen molar-refractivity contribution in [3.8, 4) is 11.3 Å². The minimum Gasteiger partial charge on any atom is -0.422 e. The predicted molar refractivity (Wildman–Crippen MR) is 120 cm³/mol. The fourth-order valence-electron chi connectivity index (χ4n) is 3.51. The Hall–Kier alpha value is -2.52. The van der Waals surface area contributed by atoms with Crippen molar-refractivity contribution >= 4 is 55.2 Å². The predicted octanol–water partition coefficient (Wildman–Crippen LogP) is 4.46. The summed E-state index contributed by atoms with van der Waals surface area (Å²) in [5.41, 5.74) is 0.765. The lowest BCUT2D eigenvalue weighted by Crippen LogP contribution is -2.33. The highest BCUT2D eigenvalue weighted by Gasteiger charge is 2.18. The molecule has 2 N–H and O–H groups in total. The molecule has 0 radical (unpaired) electrons. The van der Waals surface area contributed by atoms with E-state index >= 15 is 0 Å². The highest BCUT2D eigenvalue weighted by Crippen LogP contribution is 2.26. The molecule has 0 bridgehead atoms. The van der Waals surface area contributed by atoms with Gasteiger partial charge in [-0.15, -0.1) is 11.3 Å². The second-order valence-electron chi connectivity index (χ2n) is 7.26. The van der Waals surface area contributed by atoms with Crippen molar-refractivity contribution < 1.29 is 14.0 Å². The van der Waals surface area contributed by atoms with Crippen LogP contribution in [-0.2, 0) is 9.59 Å². The number of amides is 2. The third-order valence-electron chi connectivity index (χ3n) is 5.02. The van der Waals surface area contributed by atoms with Gasteiger partial charge in [-0.05, 0) is 37.1 Å². The number of carbonyl (C=O) groups excluding carboxylic acids is 2. The lowest BCUT2D eigenvalue weighted by atomic mass is 10.1. The van der Waals surface area contributed by atoms with Gasteiger partial charge in [0, 0.05) is 34.1 Å². The Morgan fingerprint density at radius 2 is 1.93 bits per heavy atom. The number of nitrogens with zero attached hydrogens (tertiary/aromatic N) is 1. The van der Waals surface area contributed by atoms with Gasteiger partial charge in [0.1, 0.15) is 5.58 Å². The van der Waals surface area contributed by atoms with E-state index in [4.69, 9.17) is 4.42 Å². The molecule has 7 nitrogen and oxygen atoms in total. The average Bonchev–Trinajstić information content (AvgIpc) is 3.38. The molecule has 30 heavy (non-hydrogen) atoms. The Kier molecular flexibility index (Phi) is 6.29. The number of fused-ring (bicyclic) bond motifs is 1. The van der Waals surface area contributed by atoms with Gasteiger partial charge >= 0.3 is 5.63 Å². The van der Waals surface area contributed by atoms with Crippen molar-refractivity contribution in [3.05, 3.63) is 44.5 Å². The summed E-state index contributed by atoms with van der Waals surface area (Å²) in [6, 6.07) is 7.35. The van der Waals surface area contributed by atoms with Crippen molar-refractivity contribution in [1.29, 1.82) is 0 Å². The van der Waals surface area contributed by atoms with E-state index < -0.39 is 5.63 Å². The number of anilines is 1. The highest BCUT2D eigenvalue weighted by atomic mass is 79.9. The molecule has 0 unspecified atom stereocenters. The second kappa shape index (κ2) is 9.09. The molecule has 2 aromatic heterocycles. The first-order valence-electron chi connectivity index (χ1n) is 9.76. The molecule has 1 saturated carbocycles. The fraction of sp³-hybridized carbons (Fsp3) is 0.333. The number of nitrogens with one attached hydrogen (secondary N) is 2. The molecule has 2 amide bonds. The van der Waals surface area contributed by atoms with Gasteiger partial charge in [0.2, 0.25) is 11.8 Å². The third-order valence-corrected chi connectivity index (χ3v) is 6.27. The van der Waals surface area contributed by atoms with E-state index in [0.29, 0.717) is 22.0 Å². The molecule has 156 valence electrons. The van der Waals surface area contributed by atoms with Crippen LogP contribution >= 0.6 is 27.3 Å². The summed E-state index contributed by atoms with van der Waals surface area (Å²) in [7, 11) is 0. The maximum Gasteiger partial charge on any atom is 0.345 e. The monoisotopic (exact) mass is 489 g/mol. The summed E-state index contributed by atoms with van der Waals surface area (Å²) in [5, 5.41) is 8.50. The van der Waals surface area contributed by atoms with Gasteiger partial charge < -0.3 is 15.1 Å². The summed E-state index contributed by atoms with van der Waals surface area (Å²) < 4.78 is 6.24. The number of thiazole rings is 1. The number of benzene rings is 1. The zero-order chi connectivity index (χ0) is 21.1. The van der Waals surface area contributed by atoms with E-state index in [-0.39, 0.29) is 30.7 Å². The van der Waals surface area contributed by atoms with E-state index in [1.54, 1.807) is 23.6 Å². The number of halogens is 1. The van der Waals surface area contributed by atoms with Crippen molar-refractivity contribution in [2.24, 2.45) is 0 Å². The van der Waals surface area contributed by atoms with Crippen molar-refractivity contribution in [2.45, 2.75) is 44.6 Å². The van der Waals surface area contributed by atoms with E-state index in [1.165, 1.54) is 11.3 Å². The van der Waals surface area contributed by atoms with E-state index in [2.05, 4.69) is 31.5 Å². The minimum absolute atomic E-state index is 0.0829. The maximum atomic E-state index is 12.3. The van der Waals surface area contributed by atoms with Gasteiger partial charge in [-0.1, -0.05) is 28.8 Å². The average molecular weight is 490 g/mol. The van der Waals surface area contributed by atoms with Crippen LogP contribution in [0.25, 0.3) is 22.2 Å². The van der Waals surface area contributed by atoms with Crippen LogP contribution in [0.15, 0.2) is 43.3 Å². The van der Waals surface area contributed by atoms with E-state index in [1.807, 2.05) is 6.07 Å². The molecule has 0 saturated heterocycles. The molecule has 4 rings (SSSR count). The molecular weight excluding hydrogens is 470 g/mol. The number of hydrogen-bond donors (Lipinski definition) is 2. The van der Waals surface area contributed by atoms with Crippen LogP contribution in [0.1, 0.15) is 38.5 Å². The first-order chi connectivity index (χ1) is 14.5. The Balaban J connectivity index is 1.38. The highest BCUT2D eigenvalue weighted by molar-refractivity contribution is 9.10. The minimum atomic E-state index is -0.489. The van der Waals surface area contributed by atoms with Crippen molar-refractivity contribution in [3.63, 3.8) is 0 Å². The van der Waals surface area contributed by atoms with Gasteiger partial charge in [-0.3, -0.25) is 9.59 Å². The molecule has 2 heterocycles. The lowest BCUT2D eigenvalue weighted by molar-refractivity contribution is -0.124. The molecule has 3 aromatic rings. The van der Waals surface area contributed by atoms with Gasteiger partial charge in [0.05, 0.1) is 11.3 Å². The first-order valence-corrected chi connectivity index (χ1v) is 11.4. The van der Waals surface area contributed by atoms with Crippen LogP contribution in [0, 0.1) is 0 Å². The lowest BCUT2D eigenvalue weighted by Gasteiger charge is -2.11. The number of aromatic nitrogens is 1. The third kappa shape index (κ3) is 4.96. The van der Waals surface area contributed by atoms with E-state index in [9.17, 15) is 14.4 Å². The molecule has 1 aromatic carbocycles. The molecular formula is C21H20BrN3O4S. The number of carbonyl (C=O) groups is 2. The van der Waals surface area contributed by atoms with Crippen molar-refractivity contribution in [1.82, 2.24) is 10.3 Å². The van der Waals surface area contributed by atoms with Gasteiger partial charge in [0.25, 0.3) is 0 Å². The van der Waals surface area contributed by atoms with Gasteiger partial charge in [0.15, 0.2) is 5.13 Å². The standard InChI is InChI=1S/C21H20BrN3O4S/c22-13-5-6-17-12(9-13)10-15(20(28)29-17)16-11-30-21(24-16)25-19(27)8-7-18(26)23-14-3-1-2-4-14/h5-6,9-11,14H,1-4,7-8H2,(H,23,26)(H,24,25,27). The van der Waals surface area contributed by atoms with Crippen LogP contribution in [0.2, 0.25) is 0 Å². The summed E-state index contributed by atoms with van der Waals surface area (Å²) >= 11 is 4.62. The molecule has 0 spiro atoms. The van der Waals surface area contributed by atoms with Crippen LogP contribution in [0.4, 0.5) is 5.13 Å². The van der Waals surface area contributed by atoms with Gasteiger partial charge in [-0.2, -0.15) is 0 Å². The quantitative estimate of drug-likeness (QED) is 0.497. The number of rotatable bonds is 6. The van der Waals surface area contributed by atoms with Crippen molar-refractivity contribution in [2.75, 3.05) is 5.32 Å². The van der Waals surface area contributed by atoms with Crippen LogP contribution < -0.4 is 16.3 Å². The molecule has 1 aliphatic carbocycles. The van der Waals surface area contributed by atoms with Gasteiger partial charge in [-0.25, -0.2) is 9.78 Å². The van der Waals surface area contributed by atoms with Crippen LogP contribution in [-0.4, -0.2) is 22.8 Å². The Morgan fingerprint density at radius 3 is 2.73 bits per heavy atom. The molecule has 1 aliphatic rings. The normalized spacial score (nSPS) is 14.2. The van der Waals surface area contributed by atoms with Crippen LogP contribution in [0.5, 0.6) is 0 Å². The smallest absolute Gasteiger partial charge is 0.345 e. The topological polar surface area (TPSA) is 101 Å². The summed E-state index contributed by atoms with van der Waals surface area (Å²) in [4.78, 5) is 40.8.